The Balaban J connectivity index is 1.70. The van der Waals surface area contributed by atoms with Crippen molar-refractivity contribution in [3.63, 3.8) is 0 Å². The number of carbonyl (C=O) groups is 1. The number of methoxy groups -OCH3 is 1. The van der Waals surface area contributed by atoms with Crippen LogP contribution in [0.1, 0.15) is 0 Å². The predicted octanol–water partition coefficient (Wildman–Crippen LogP) is 5.34. The van der Waals surface area contributed by atoms with Crippen molar-refractivity contribution in [1.29, 1.82) is 0 Å². The second-order valence-electron chi connectivity index (χ2n) is 7.60. The minimum Gasteiger partial charge on any atom is -0.495 e. The molecule has 0 saturated heterocycles. The normalized spacial score (nSPS) is 11.0. The minimum absolute atomic E-state index is 0.151. The smallest absolute Gasteiger partial charge is 0.264 e. The van der Waals surface area contributed by atoms with E-state index in [9.17, 15) is 17.6 Å². The van der Waals surface area contributed by atoms with Crippen molar-refractivity contribution in [1.82, 2.24) is 0 Å². The van der Waals surface area contributed by atoms with E-state index in [2.05, 4.69) is 5.32 Å². The zero-order valence-corrected chi connectivity index (χ0v) is 19.7. The van der Waals surface area contributed by atoms with Crippen LogP contribution in [0.4, 0.5) is 15.8 Å². The molecule has 4 rings (SSSR count). The van der Waals surface area contributed by atoms with Crippen molar-refractivity contribution in [2.75, 3.05) is 23.3 Å². The van der Waals surface area contributed by atoms with Gasteiger partial charge >= 0.3 is 0 Å². The summed E-state index contributed by atoms with van der Waals surface area (Å²) in [6.45, 7) is -0.525. The summed E-state index contributed by atoms with van der Waals surface area (Å²) in [5.74, 6) is -0.844. The van der Waals surface area contributed by atoms with Crippen LogP contribution in [0.2, 0.25) is 0 Å². The summed E-state index contributed by atoms with van der Waals surface area (Å²) < 4.78 is 46.9. The van der Waals surface area contributed by atoms with Crippen molar-refractivity contribution < 1.29 is 22.3 Å². The van der Waals surface area contributed by atoms with Gasteiger partial charge in [0.05, 0.1) is 17.7 Å². The van der Waals surface area contributed by atoms with Crippen LogP contribution in [0, 0.1) is 5.82 Å². The molecule has 1 N–H and O–H groups in total. The molecule has 4 aromatic carbocycles. The number of carbonyl (C=O) groups excluding carboxylic acids is 1. The summed E-state index contributed by atoms with van der Waals surface area (Å²) in [7, 11) is -2.81. The SMILES string of the molecule is COc1ccccc1N(CC(=O)Nc1ccccc1-c1ccccc1)S(=O)(=O)c1ccc(F)cc1. The monoisotopic (exact) mass is 490 g/mol. The van der Waals surface area contributed by atoms with Gasteiger partial charge in [-0.3, -0.25) is 9.10 Å². The molecule has 0 aliphatic heterocycles. The number of rotatable bonds is 8. The Morgan fingerprint density at radius 1 is 0.857 bits per heavy atom. The summed E-state index contributed by atoms with van der Waals surface area (Å²) in [6, 6.07) is 27.7. The first-order chi connectivity index (χ1) is 16.9. The van der Waals surface area contributed by atoms with E-state index in [-0.39, 0.29) is 16.3 Å². The van der Waals surface area contributed by atoms with Crippen LogP contribution in [-0.4, -0.2) is 28.0 Å². The Hall–Kier alpha value is -4.17. The maximum Gasteiger partial charge on any atom is 0.264 e. The van der Waals surface area contributed by atoms with Crippen LogP contribution in [0.3, 0.4) is 0 Å². The zero-order valence-electron chi connectivity index (χ0n) is 18.9. The summed E-state index contributed by atoms with van der Waals surface area (Å²) in [5, 5.41) is 2.83. The lowest BCUT2D eigenvalue weighted by Crippen LogP contribution is -2.38. The average Bonchev–Trinajstić information content (AvgIpc) is 2.88. The summed E-state index contributed by atoms with van der Waals surface area (Å²) in [6.07, 6.45) is 0. The highest BCUT2D eigenvalue weighted by molar-refractivity contribution is 7.92. The first-order valence-corrected chi connectivity index (χ1v) is 12.2. The molecule has 0 heterocycles. The summed E-state index contributed by atoms with van der Waals surface area (Å²) in [5.41, 5.74) is 2.43. The van der Waals surface area contributed by atoms with Gasteiger partial charge in [-0.15, -0.1) is 0 Å². The van der Waals surface area contributed by atoms with Crippen LogP contribution in [0.25, 0.3) is 11.1 Å². The topological polar surface area (TPSA) is 75.7 Å². The second-order valence-corrected chi connectivity index (χ2v) is 9.46. The number of nitrogens with zero attached hydrogens (tertiary/aromatic N) is 1. The molecule has 0 spiro atoms. The molecule has 0 bridgehead atoms. The third-order valence-electron chi connectivity index (χ3n) is 5.33. The quantitative estimate of drug-likeness (QED) is 0.362. The highest BCUT2D eigenvalue weighted by Gasteiger charge is 2.29. The molecule has 0 radical (unpaired) electrons. The van der Waals surface area contributed by atoms with Crippen LogP contribution in [-0.2, 0) is 14.8 Å². The van der Waals surface area contributed by atoms with Crippen molar-refractivity contribution in [2.24, 2.45) is 0 Å². The largest absolute Gasteiger partial charge is 0.495 e. The number of para-hydroxylation sites is 3. The highest BCUT2D eigenvalue weighted by Crippen LogP contribution is 2.33. The maximum absolute atomic E-state index is 13.6. The Morgan fingerprint density at radius 2 is 1.49 bits per heavy atom. The number of amides is 1. The average molecular weight is 491 g/mol. The molecule has 1 amide bonds. The molecule has 8 heteroatoms. The third kappa shape index (κ3) is 5.33. The molecule has 0 aliphatic carbocycles. The molecule has 0 aliphatic rings. The lowest BCUT2D eigenvalue weighted by molar-refractivity contribution is -0.114. The number of hydrogen-bond donors (Lipinski definition) is 1. The van der Waals surface area contributed by atoms with Crippen molar-refractivity contribution in [2.45, 2.75) is 4.90 Å². The summed E-state index contributed by atoms with van der Waals surface area (Å²) in [4.78, 5) is 13.0. The minimum atomic E-state index is -4.23. The van der Waals surface area contributed by atoms with Gasteiger partial charge in [0, 0.05) is 11.3 Å². The van der Waals surface area contributed by atoms with E-state index < -0.39 is 28.3 Å². The lowest BCUT2D eigenvalue weighted by Gasteiger charge is -2.25. The molecular formula is C27H23FN2O4S. The number of benzene rings is 4. The van der Waals surface area contributed by atoms with E-state index in [1.807, 2.05) is 42.5 Å². The van der Waals surface area contributed by atoms with E-state index in [1.54, 1.807) is 36.4 Å². The standard InChI is InChI=1S/C27H23FN2O4S/c1-34-26-14-8-7-13-25(26)30(35(32,33)22-17-15-21(28)16-18-22)19-27(31)29-24-12-6-5-11-23(24)20-9-3-2-4-10-20/h2-18H,19H2,1H3,(H,29,31). The van der Waals surface area contributed by atoms with Crippen LogP contribution in [0.15, 0.2) is 108 Å². The summed E-state index contributed by atoms with van der Waals surface area (Å²) >= 11 is 0. The number of sulfonamides is 1. The first-order valence-electron chi connectivity index (χ1n) is 10.8. The predicted molar refractivity (Wildman–Crippen MR) is 134 cm³/mol. The van der Waals surface area contributed by atoms with Crippen LogP contribution >= 0.6 is 0 Å². The Morgan fingerprint density at radius 3 is 2.20 bits per heavy atom. The van der Waals surface area contributed by atoms with Gasteiger partial charge in [-0.25, -0.2) is 12.8 Å². The second kappa shape index (κ2) is 10.4. The van der Waals surface area contributed by atoms with Gasteiger partial charge in [0.2, 0.25) is 5.91 Å². The first kappa shape index (κ1) is 24.0. The van der Waals surface area contributed by atoms with Gasteiger partial charge in [-0.1, -0.05) is 60.7 Å². The van der Waals surface area contributed by atoms with E-state index in [0.29, 0.717) is 5.69 Å². The fraction of sp³-hybridized carbons (Fsp3) is 0.0741. The van der Waals surface area contributed by atoms with Crippen LogP contribution in [0.5, 0.6) is 5.75 Å². The molecular weight excluding hydrogens is 467 g/mol. The molecule has 0 saturated carbocycles. The highest BCUT2D eigenvalue weighted by atomic mass is 32.2. The van der Waals surface area contributed by atoms with E-state index in [1.165, 1.54) is 7.11 Å². The number of ether oxygens (including phenoxy) is 1. The molecule has 35 heavy (non-hydrogen) atoms. The van der Waals surface area contributed by atoms with Crippen molar-refractivity contribution in [3.05, 3.63) is 109 Å². The van der Waals surface area contributed by atoms with Crippen molar-refractivity contribution >= 4 is 27.3 Å². The number of nitrogens with one attached hydrogen (secondary N) is 1. The maximum atomic E-state index is 13.6. The van der Waals surface area contributed by atoms with Gasteiger partial charge in [0.1, 0.15) is 18.1 Å². The molecule has 0 unspecified atom stereocenters. The lowest BCUT2D eigenvalue weighted by atomic mass is 10.0. The number of halogens is 1. The molecule has 178 valence electrons. The van der Waals surface area contributed by atoms with Gasteiger partial charge in [0.25, 0.3) is 10.0 Å². The third-order valence-corrected chi connectivity index (χ3v) is 7.10. The zero-order chi connectivity index (χ0) is 24.8. The van der Waals surface area contributed by atoms with E-state index in [0.717, 1.165) is 39.7 Å². The Kier molecular flexibility index (Phi) is 7.12. The van der Waals surface area contributed by atoms with E-state index >= 15 is 0 Å². The van der Waals surface area contributed by atoms with Gasteiger partial charge in [0.15, 0.2) is 0 Å². The van der Waals surface area contributed by atoms with Crippen LogP contribution < -0.4 is 14.4 Å². The fourth-order valence-corrected chi connectivity index (χ4v) is 5.08. The molecule has 6 nitrogen and oxygen atoms in total. The molecule has 4 aromatic rings. The Labute approximate surface area is 203 Å². The van der Waals surface area contributed by atoms with Gasteiger partial charge < -0.3 is 10.1 Å². The fourth-order valence-electron chi connectivity index (χ4n) is 3.65. The molecule has 0 fully saturated rings. The van der Waals surface area contributed by atoms with E-state index in [4.69, 9.17) is 4.74 Å². The molecule has 0 atom stereocenters. The van der Waals surface area contributed by atoms with Crippen molar-refractivity contribution in [3.8, 4) is 16.9 Å². The number of anilines is 2. The molecule has 0 aromatic heterocycles. The van der Waals surface area contributed by atoms with Gasteiger partial charge in [-0.05, 0) is 48.0 Å². The van der Waals surface area contributed by atoms with Gasteiger partial charge in [-0.2, -0.15) is 0 Å². The Bertz CT molecular complexity index is 1430. The number of hydrogen-bond acceptors (Lipinski definition) is 4.